The molecule has 38 heavy (non-hydrogen) atoms. The minimum Gasteiger partial charge on any atom is -0.463 e. The first-order valence-electron chi connectivity index (χ1n) is 15.4. The van der Waals surface area contributed by atoms with Crippen molar-refractivity contribution >= 4 is 28.6 Å². The Bertz CT molecular complexity index is 454. The summed E-state index contributed by atoms with van der Waals surface area (Å²) in [6.45, 7) is 8.15. The van der Waals surface area contributed by atoms with Crippen molar-refractivity contribution in [2.75, 3.05) is 77.1 Å². The second-order valence-corrected chi connectivity index (χ2v) is 10.7. The number of halogens is 1. The normalized spacial score (nSPS) is 11.3. The van der Waals surface area contributed by atoms with E-state index in [0.717, 1.165) is 23.9 Å². The lowest BCUT2D eigenvalue weighted by Gasteiger charge is -2.08. The highest BCUT2D eigenvalue weighted by atomic mass is 127. The number of hydrogen-bond donors (Lipinski definition) is 0. The fourth-order valence-electron chi connectivity index (χ4n) is 3.96. The van der Waals surface area contributed by atoms with Gasteiger partial charge in [-0.15, -0.1) is 0 Å². The van der Waals surface area contributed by atoms with E-state index < -0.39 is 0 Å². The lowest BCUT2D eigenvalue weighted by molar-refractivity contribution is -0.145. The first-order valence-corrected chi connectivity index (χ1v) is 16.9. The Labute approximate surface area is 247 Å². The van der Waals surface area contributed by atoms with Crippen LogP contribution >= 0.6 is 22.6 Å². The number of esters is 1. The predicted molar refractivity (Wildman–Crippen MR) is 163 cm³/mol. The lowest BCUT2D eigenvalue weighted by atomic mass is 10.0. The Hall–Kier alpha value is -0.000000000000000222. The van der Waals surface area contributed by atoms with Crippen molar-refractivity contribution < 1.29 is 33.2 Å². The third-order valence-electron chi connectivity index (χ3n) is 6.18. The van der Waals surface area contributed by atoms with Crippen molar-refractivity contribution in [2.45, 2.75) is 110 Å². The molecule has 0 unspecified atom stereocenters. The maximum absolute atomic E-state index is 11.8. The number of ether oxygens (including phenoxy) is 6. The molecule has 0 aromatic heterocycles. The molecule has 0 aliphatic heterocycles. The van der Waals surface area contributed by atoms with Gasteiger partial charge < -0.3 is 28.4 Å². The highest BCUT2D eigenvalue weighted by Gasteiger charge is 2.03. The molecule has 7 nitrogen and oxygen atoms in total. The first-order chi connectivity index (χ1) is 18.8. The standard InChI is InChI=1S/C30H59IO7/c1-2-3-4-5-6-7-8-9-10-11-12-13-14-15-16-17-30(32)38-29-28-37-27-26-36-25-24-35-23-22-34-21-20-33-19-18-31/h2-29H2,1H3. The van der Waals surface area contributed by atoms with Crippen LogP contribution in [0.15, 0.2) is 0 Å². The highest BCUT2D eigenvalue weighted by Crippen LogP contribution is 2.13. The van der Waals surface area contributed by atoms with Crippen LogP contribution in [0.5, 0.6) is 0 Å². The maximum Gasteiger partial charge on any atom is 0.305 e. The van der Waals surface area contributed by atoms with E-state index in [1.165, 1.54) is 83.5 Å². The maximum atomic E-state index is 11.8. The van der Waals surface area contributed by atoms with Crippen LogP contribution in [0.3, 0.4) is 0 Å². The number of unbranched alkanes of at least 4 members (excludes halogenated alkanes) is 14. The molecular weight excluding hydrogens is 599 g/mol. The van der Waals surface area contributed by atoms with E-state index in [2.05, 4.69) is 29.5 Å². The Morgan fingerprint density at radius 2 is 0.763 bits per heavy atom. The minimum atomic E-state index is -0.117. The van der Waals surface area contributed by atoms with Gasteiger partial charge in [0.15, 0.2) is 0 Å². The zero-order chi connectivity index (χ0) is 27.6. The van der Waals surface area contributed by atoms with Crippen LogP contribution in [0, 0.1) is 0 Å². The van der Waals surface area contributed by atoms with E-state index in [9.17, 15) is 4.79 Å². The third kappa shape index (κ3) is 34.0. The Kier molecular flexibility index (Phi) is 35.0. The van der Waals surface area contributed by atoms with Crippen molar-refractivity contribution in [3.63, 3.8) is 0 Å². The van der Waals surface area contributed by atoms with Gasteiger partial charge in [-0.25, -0.2) is 0 Å². The Morgan fingerprint density at radius 3 is 1.13 bits per heavy atom. The van der Waals surface area contributed by atoms with Gasteiger partial charge in [-0.2, -0.15) is 0 Å². The monoisotopic (exact) mass is 658 g/mol. The van der Waals surface area contributed by atoms with Crippen LogP contribution in [-0.4, -0.2) is 83.1 Å². The Morgan fingerprint density at radius 1 is 0.447 bits per heavy atom. The van der Waals surface area contributed by atoms with Gasteiger partial charge in [-0.1, -0.05) is 119 Å². The molecule has 0 spiro atoms. The van der Waals surface area contributed by atoms with Gasteiger partial charge in [-0.05, 0) is 6.42 Å². The minimum absolute atomic E-state index is 0.117. The fraction of sp³-hybridized carbons (Fsp3) is 0.967. The van der Waals surface area contributed by atoms with Crippen LogP contribution < -0.4 is 0 Å². The Balaban J connectivity index is 3.14. The molecule has 0 saturated heterocycles. The van der Waals surface area contributed by atoms with Gasteiger partial charge in [0, 0.05) is 10.8 Å². The average Bonchev–Trinajstić information content (AvgIpc) is 2.92. The average molecular weight is 659 g/mol. The zero-order valence-corrected chi connectivity index (χ0v) is 26.7. The lowest BCUT2D eigenvalue weighted by Crippen LogP contribution is -2.15. The summed E-state index contributed by atoms with van der Waals surface area (Å²) >= 11 is 2.28. The number of carbonyl (C=O) groups is 1. The van der Waals surface area contributed by atoms with Crippen LogP contribution in [0.1, 0.15) is 110 Å². The quantitative estimate of drug-likeness (QED) is 0.0317. The zero-order valence-electron chi connectivity index (χ0n) is 24.5. The van der Waals surface area contributed by atoms with E-state index in [0.29, 0.717) is 72.5 Å². The molecule has 0 N–H and O–H groups in total. The molecule has 0 atom stereocenters. The predicted octanol–water partition coefficient (Wildman–Crippen LogP) is 7.31. The van der Waals surface area contributed by atoms with Gasteiger partial charge in [0.05, 0.1) is 66.1 Å². The van der Waals surface area contributed by atoms with Crippen molar-refractivity contribution in [3.05, 3.63) is 0 Å². The molecule has 0 aliphatic carbocycles. The molecule has 0 amide bonds. The molecule has 0 fully saturated rings. The van der Waals surface area contributed by atoms with Crippen LogP contribution in [-0.2, 0) is 33.2 Å². The van der Waals surface area contributed by atoms with Crippen molar-refractivity contribution in [1.82, 2.24) is 0 Å². The molecule has 0 aromatic rings. The van der Waals surface area contributed by atoms with Crippen molar-refractivity contribution in [3.8, 4) is 0 Å². The summed E-state index contributed by atoms with van der Waals surface area (Å²) in [5, 5.41) is 0. The number of alkyl halides is 1. The topological polar surface area (TPSA) is 72.5 Å². The summed E-state index contributed by atoms with van der Waals surface area (Å²) in [6.07, 6.45) is 20.4. The number of hydrogen-bond acceptors (Lipinski definition) is 7. The molecular formula is C30H59IO7. The van der Waals surface area contributed by atoms with Gasteiger partial charge in [-0.3, -0.25) is 4.79 Å². The molecule has 8 heteroatoms. The van der Waals surface area contributed by atoms with Crippen LogP contribution in [0.4, 0.5) is 0 Å². The summed E-state index contributed by atoms with van der Waals surface area (Å²) < 4.78 is 33.3. The van der Waals surface area contributed by atoms with Crippen molar-refractivity contribution in [2.24, 2.45) is 0 Å². The van der Waals surface area contributed by atoms with Gasteiger partial charge in [0.2, 0.25) is 0 Å². The summed E-state index contributed by atoms with van der Waals surface area (Å²) in [6, 6.07) is 0. The van der Waals surface area contributed by atoms with E-state index in [4.69, 9.17) is 28.4 Å². The van der Waals surface area contributed by atoms with E-state index >= 15 is 0 Å². The van der Waals surface area contributed by atoms with Crippen LogP contribution in [0.2, 0.25) is 0 Å². The summed E-state index contributed by atoms with van der Waals surface area (Å²) in [5.41, 5.74) is 0. The van der Waals surface area contributed by atoms with Crippen LogP contribution in [0.25, 0.3) is 0 Å². The molecule has 0 bridgehead atoms. The van der Waals surface area contributed by atoms with Gasteiger partial charge in [0.25, 0.3) is 0 Å². The van der Waals surface area contributed by atoms with Crippen molar-refractivity contribution in [1.29, 1.82) is 0 Å². The van der Waals surface area contributed by atoms with Gasteiger partial charge in [0.1, 0.15) is 6.61 Å². The molecule has 0 radical (unpaired) electrons. The van der Waals surface area contributed by atoms with Gasteiger partial charge >= 0.3 is 5.97 Å². The molecule has 0 aromatic carbocycles. The SMILES string of the molecule is CCCCCCCCCCCCCCCCCC(=O)OCCOCCOCCOCCOCCOCCI. The second-order valence-electron chi connectivity index (χ2n) is 9.67. The third-order valence-corrected chi connectivity index (χ3v) is 6.63. The molecule has 0 aliphatic rings. The summed E-state index contributed by atoms with van der Waals surface area (Å²) in [7, 11) is 0. The molecule has 0 saturated carbocycles. The number of rotatable bonds is 33. The van der Waals surface area contributed by atoms with E-state index in [1.807, 2.05) is 0 Å². The molecule has 0 heterocycles. The smallest absolute Gasteiger partial charge is 0.305 e. The van der Waals surface area contributed by atoms with E-state index in [1.54, 1.807) is 0 Å². The summed E-state index contributed by atoms with van der Waals surface area (Å²) in [5.74, 6) is -0.117. The largest absolute Gasteiger partial charge is 0.463 e. The number of carbonyl (C=O) groups excluding carboxylic acids is 1. The summed E-state index contributed by atoms with van der Waals surface area (Å²) in [4.78, 5) is 11.8. The van der Waals surface area contributed by atoms with E-state index in [-0.39, 0.29) is 5.97 Å². The fourth-order valence-corrected chi connectivity index (χ4v) is 4.27. The highest BCUT2D eigenvalue weighted by molar-refractivity contribution is 14.1. The molecule has 228 valence electrons. The first kappa shape index (κ1) is 38.0. The molecule has 0 rings (SSSR count). The second kappa shape index (κ2) is 35.0.